The summed E-state index contributed by atoms with van der Waals surface area (Å²) >= 11 is 1.56. The van der Waals surface area contributed by atoms with E-state index in [4.69, 9.17) is 4.74 Å². The number of anilines is 2. The molecule has 1 aromatic heterocycles. The van der Waals surface area contributed by atoms with Gasteiger partial charge >= 0.3 is 5.97 Å². The number of hydrogen-bond donors (Lipinski definition) is 2. The summed E-state index contributed by atoms with van der Waals surface area (Å²) in [6.45, 7) is 2.65. The highest BCUT2D eigenvalue weighted by Crippen LogP contribution is 2.21. The Labute approximate surface area is 92.9 Å². The highest BCUT2D eigenvalue weighted by atomic mass is 32.1. The third-order valence-corrected chi connectivity index (χ3v) is 2.62. The molecule has 0 saturated heterocycles. The fraction of sp³-hybridized carbons (Fsp3) is 0.556. The van der Waals surface area contributed by atoms with E-state index in [0.29, 0.717) is 6.61 Å². The Morgan fingerprint density at radius 2 is 2.47 bits per heavy atom. The van der Waals surface area contributed by atoms with Gasteiger partial charge in [-0.1, -0.05) is 11.3 Å². The van der Waals surface area contributed by atoms with Crippen molar-refractivity contribution >= 4 is 27.4 Å². The van der Waals surface area contributed by atoms with Crippen molar-refractivity contribution in [1.29, 1.82) is 0 Å². The molecule has 0 amide bonds. The molecule has 0 radical (unpaired) electrons. The van der Waals surface area contributed by atoms with Gasteiger partial charge in [-0.25, -0.2) is 4.98 Å². The SMILES string of the molecule is CNc1ncc(NCCCOC(C)=O)s1. The molecule has 2 N–H and O–H groups in total. The Morgan fingerprint density at radius 3 is 3.07 bits per heavy atom. The van der Waals surface area contributed by atoms with E-state index in [9.17, 15) is 4.79 Å². The van der Waals surface area contributed by atoms with Gasteiger partial charge in [-0.2, -0.15) is 0 Å². The van der Waals surface area contributed by atoms with E-state index >= 15 is 0 Å². The first-order valence-corrected chi connectivity index (χ1v) is 5.55. The van der Waals surface area contributed by atoms with Gasteiger partial charge < -0.3 is 15.4 Å². The molecular formula is C9H15N3O2S. The lowest BCUT2D eigenvalue weighted by Gasteiger charge is -2.02. The average Bonchev–Trinajstić information content (AvgIpc) is 2.65. The molecule has 0 bridgehead atoms. The van der Waals surface area contributed by atoms with Gasteiger partial charge in [-0.05, 0) is 6.42 Å². The van der Waals surface area contributed by atoms with Crippen molar-refractivity contribution < 1.29 is 9.53 Å². The maximum absolute atomic E-state index is 10.5. The van der Waals surface area contributed by atoms with Crippen LogP contribution >= 0.6 is 11.3 Å². The molecule has 0 saturated carbocycles. The van der Waals surface area contributed by atoms with Gasteiger partial charge in [0.05, 0.1) is 12.8 Å². The van der Waals surface area contributed by atoms with Crippen LogP contribution in [0.4, 0.5) is 10.1 Å². The first kappa shape index (κ1) is 11.8. The van der Waals surface area contributed by atoms with Crippen molar-refractivity contribution in [2.75, 3.05) is 30.8 Å². The van der Waals surface area contributed by atoms with Crippen molar-refractivity contribution in [3.63, 3.8) is 0 Å². The summed E-state index contributed by atoms with van der Waals surface area (Å²) in [6, 6.07) is 0. The molecule has 0 aliphatic heterocycles. The van der Waals surface area contributed by atoms with Crippen molar-refractivity contribution in [1.82, 2.24) is 4.98 Å². The molecule has 84 valence electrons. The Morgan fingerprint density at radius 1 is 1.67 bits per heavy atom. The minimum Gasteiger partial charge on any atom is -0.466 e. The fourth-order valence-electron chi connectivity index (χ4n) is 0.971. The van der Waals surface area contributed by atoms with Crippen LogP contribution in [0.15, 0.2) is 6.20 Å². The number of esters is 1. The lowest BCUT2D eigenvalue weighted by molar-refractivity contribution is -0.140. The fourth-order valence-corrected chi connectivity index (χ4v) is 1.67. The number of ether oxygens (including phenoxy) is 1. The van der Waals surface area contributed by atoms with E-state index in [0.717, 1.165) is 23.1 Å². The zero-order valence-corrected chi connectivity index (χ0v) is 9.69. The molecule has 0 atom stereocenters. The zero-order chi connectivity index (χ0) is 11.1. The molecule has 0 aliphatic rings. The number of rotatable bonds is 6. The maximum atomic E-state index is 10.5. The Balaban J connectivity index is 2.12. The van der Waals surface area contributed by atoms with Gasteiger partial charge in [-0.3, -0.25) is 4.79 Å². The standard InChI is InChI=1S/C9H15N3O2S/c1-7(13)14-5-3-4-11-8-6-12-9(10-2)15-8/h6,11H,3-5H2,1-2H3,(H,10,12). The Kier molecular flexibility index (Phi) is 4.89. The first-order valence-electron chi connectivity index (χ1n) is 4.73. The second-order valence-corrected chi connectivity index (χ2v) is 3.93. The van der Waals surface area contributed by atoms with E-state index in [1.807, 2.05) is 7.05 Å². The van der Waals surface area contributed by atoms with Crippen molar-refractivity contribution in [3.8, 4) is 0 Å². The molecule has 1 aromatic rings. The molecule has 15 heavy (non-hydrogen) atoms. The number of nitrogens with zero attached hydrogens (tertiary/aromatic N) is 1. The monoisotopic (exact) mass is 229 g/mol. The smallest absolute Gasteiger partial charge is 0.302 e. The summed E-state index contributed by atoms with van der Waals surface area (Å²) in [5.41, 5.74) is 0. The minimum absolute atomic E-state index is 0.231. The normalized spacial score (nSPS) is 9.73. The second-order valence-electron chi connectivity index (χ2n) is 2.90. The highest BCUT2D eigenvalue weighted by Gasteiger charge is 1.98. The number of carbonyl (C=O) groups excluding carboxylic acids is 1. The van der Waals surface area contributed by atoms with Crippen molar-refractivity contribution in [3.05, 3.63) is 6.20 Å². The van der Waals surface area contributed by atoms with Crippen molar-refractivity contribution in [2.24, 2.45) is 0 Å². The van der Waals surface area contributed by atoms with Gasteiger partial charge in [0.15, 0.2) is 5.13 Å². The quantitative estimate of drug-likeness (QED) is 0.572. The van der Waals surface area contributed by atoms with E-state index in [2.05, 4.69) is 15.6 Å². The van der Waals surface area contributed by atoms with Gasteiger partial charge in [0.1, 0.15) is 5.00 Å². The maximum Gasteiger partial charge on any atom is 0.302 e. The summed E-state index contributed by atoms with van der Waals surface area (Å²) in [4.78, 5) is 14.6. The summed E-state index contributed by atoms with van der Waals surface area (Å²) in [5.74, 6) is -0.231. The van der Waals surface area contributed by atoms with Crippen molar-refractivity contribution in [2.45, 2.75) is 13.3 Å². The molecule has 0 spiro atoms. The van der Waals surface area contributed by atoms with E-state index < -0.39 is 0 Å². The van der Waals surface area contributed by atoms with Gasteiger partial charge in [-0.15, -0.1) is 0 Å². The topological polar surface area (TPSA) is 63.3 Å². The van der Waals surface area contributed by atoms with Crippen LogP contribution < -0.4 is 10.6 Å². The highest BCUT2D eigenvalue weighted by molar-refractivity contribution is 7.19. The number of nitrogens with one attached hydrogen (secondary N) is 2. The molecule has 0 unspecified atom stereocenters. The van der Waals surface area contributed by atoms with Crippen LogP contribution in [0.5, 0.6) is 0 Å². The van der Waals surface area contributed by atoms with E-state index in [-0.39, 0.29) is 5.97 Å². The second kappa shape index (κ2) is 6.23. The van der Waals surface area contributed by atoms with Crippen LogP contribution in [0, 0.1) is 0 Å². The third kappa shape index (κ3) is 4.64. The number of hydrogen-bond acceptors (Lipinski definition) is 6. The zero-order valence-electron chi connectivity index (χ0n) is 8.87. The largest absolute Gasteiger partial charge is 0.466 e. The van der Waals surface area contributed by atoms with Gasteiger partial charge in [0.25, 0.3) is 0 Å². The predicted molar refractivity (Wildman–Crippen MR) is 61.4 cm³/mol. The molecule has 0 aliphatic carbocycles. The lowest BCUT2D eigenvalue weighted by Crippen LogP contribution is -2.07. The Hall–Kier alpha value is -1.30. The number of aromatic nitrogens is 1. The molecule has 1 rings (SSSR count). The molecule has 0 fully saturated rings. The summed E-state index contributed by atoms with van der Waals surface area (Å²) in [6.07, 6.45) is 2.58. The van der Waals surface area contributed by atoms with Crippen LogP contribution in [-0.2, 0) is 9.53 Å². The minimum atomic E-state index is -0.231. The van der Waals surface area contributed by atoms with Crippen LogP contribution in [0.3, 0.4) is 0 Å². The number of thiazole rings is 1. The molecule has 1 heterocycles. The molecule has 6 heteroatoms. The molecule has 0 aromatic carbocycles. The number of carbonyl (C=O) groups is 1. The summed E-state index contributed by atoms with van der Waals surface area (Å²) < 4.78 is 4.80. The van der Waals surface area contributed by atoms with Crippen LogP contribution in [0.1, 0.15) is 13.3 Å². The van der Waals surface area contributed by atoms with Crippen LogP contribution in [0.25, 0.3) is 0 Å². The average molecular weight is 229 g/mol. The third-order valence-electron chi connectivity index (χ3n) is 1.65. The van der Waals surface area contributed by atoms with E-state index in [1.54, 1.807) is 17.5 Å². The van der Waals surface area contributed by atoms with Gasteiger partial charge in [0.2, 0.25) is 0 Å². The Bertz CT molecular complexity index is 314. The summed E-state index contributed by atoms with van der Waals surface area (Å²) in [5, 5.41) is 8.06. The lowest BCUT2D eigenvalue weighted by atomic mass is 10.4. The first-order chi connectivity index (χ1) is 7.22. The van der Waals surface area contributed by atoms with Crippen LogP contribution in [-0.4, -0.2) is 31.2 Å². The van der Waals surface area contributed by atoms with E-state index in [1.165, 1.54) is 6.92 Å². The molecular weight excluding hydrogens is 214 g/mol. The van der Waals surface area contributed by atoms with Crippen LogP contribution in [0.2, 0.25) is 0 Å². The predicted octanol–water partition coefficient (Wildman–Crippen LogP) is 1.55. The molecule has 5 nitrogen and oxygen atoms in total. The summed E-state index contributed by atoms with van der Waals surface area (Å²) in [7, 11) is 1.84. The van der Waals surface area contributed by atoms with Gasteiger partial charge in [0, 0.05) is 20.5 Å².